The van der Waals surface area contributed by atoms with E-state index < -0.39 is 0 Å². The zero-order valence-electron chi connectivity index (χ0n) is 7.45. The van der Waals surface area contributed by atoms with Crippen LogP contribution in [0.2, 0.25) is 0 Å². The molecule has 64 valence electrons. The quantitative estimate of drug-likeness (QED) is 0.633. The van der Waals surface area contributed by atoms with E-state index >= 15 is 0 Å². The molecule has 1 aromatic heterocycles. The van der Waals surface area contributed by atoms with Crippen molar-refractivity contribution in [2.24, 2.45) is 0 Å². The zero-order chi connectivity index (χ0) is 8.39. The Kier molecular flexibility index (Phi) is 2.07. The van der Waals surface area contributed by atoms with Gasteiger partial charge < -0.3 is 0 Å². The van der Waals surface area contributed by atoms with Crippen molar-refractivity contribution in [3.63, 3.8) is 0 Å². The van der Waals surface area contributed by atoms with E-state index in [1.807, 2.05) is 13.1 Å². The van der Waals surface area contributed by atoms with Crippen molar-refractivity contribution in [1.29, 1.82) is 0 Å². The Morgan fingerprint density at radius 1 is 1.33 bits per heavy atom. The van der Waals surface area contributed by atoms with Gasteiger partial charge in [-0.3, -0.25) is 0 Å². The smallest absolute Gasteiger partial charge is 0.125 e. The summed E-state index contributed by atoms with van der Waals surface area (Å²) in [6.07, 6.45) is 7.24. The molecule has 1 fully saturated rings. The van der Waals surface area contributed by atoms with Crippen LogP contribution in [-0.4, -0.2) is 9.97 Å². The van der Waals surface area contributed by atoms with Crippen LogP contribution in [0, 0.1) is 6.92 Å². The van der Waals surface area contributed by atoms with Gasteiger partial charge in [-0.2, -0.15) is 0 Å². The molecule has 1 aromatic rings. The molecule has 0 aromatic carbocycles. The van der Waals surface area contributed by atoms with Gasteiger partial charge >= 0.3 is 0 Å². The van der Waals surface area contributed by atoms with Crippen LogP contribution >= 0.6 is 0 Å². The monoisotopic (exact) mass is 162 g/mol. The molecule has 0 radical (unpaired) electrons. The van der Waals surface area contributed by atoms with Crippen molar-refractivity contribution in [2.45, 2.75) is 38.5 Å². The summed E-state index contributed by atoms with van der Waals surface area (Å²) in [4.78, 5) is 8.54. The fraction of sp³-hybridized carbons (Fsp3) is 0.600. The number of rotatable bonds is 1. The molecule has 0 aliphatic heterocycles. The minimum absolute atomic E-state index is 0.715. The molecule has 2 nitrogen and oxygen atoms in total. The number of aryl methyl sites for hydroxylation is 1. The molecule has 0 amide bonds. The molecule has 0 bridgehead atoms. The first-order valence-electron chi connectivity index (χ1n) is 4.66. The Morgan fingerprint density at radius 3 is 2.75 bits per heavy atom. The fourth-order valence-corrected chi connectivity index (χ4v) is 1.92. The van der Waals surface area contributed by atoms with Crippen LogP contribution < -0.4 is 0 Å². The number of hydrogen-bond donors (Lipinski definition) is 0. The van der Waals surface area contributed by atoms with Gasteiger partial charge in [0, 0.05) is 17.8 Å². The predicted molar refractivity (Wildman–Crippen MR) is 48.0 cm³/mol. The summed E-state index contributed by atoms with van der Waals surface area (Å²) in [7, 11) is 0. The van der Waals surface area contributed by atoms with Crippen molar-refractivity contribution in [3.8, 4) is 0 Å². The first-order chi connectivity index (χ1) is 5.86. The molecule has 1 aliphatic carbocycles. The lowest BCUT2D eigenvalue weighted by molar-refractivity contribution is 0.689. The second kappa shape index (κ2) is 3.21. The van der Waals surface area contributed by atoms with E-state index in [-0.39, 0.29) is 0 Å². The van der Waals surface area contributed by atoms with Gasteiger partial charge in [0.15, 0.2) is 0 Å². The van der Waals surface area contributed by atoms with Crippen molar-refractivity contribution < 1.29 is 0 Å². The van der Waals surface area contributed by atoms with Crippen LogP contribution in [0.15, 0.2) is 12.3 Å². The summed E-state index contributed by atoms with van der Waals surface area (Å²) in [6.45, 7) is 1.96. The highest BCUT2D eigenvalue weighted by Gasteiger charge is 2.17. The van der Waals surface area contributed by atoms with Gasteiger partial charge in [0.2, 0.25) is 0 Å². The molecule has 0 atom stereocenters. The molecule has 0 unspecified atom stereocenters. The number of hydrogen-bond acceptors (Lipinski definition) is 2. The van der Waals surface area contributed by atoms with Gasteiger partial charge in [0.05, 0.1) is 0 Å². The molecular formula is C10H14N2. The van der Waals surface area contributed by atoms with Crippen molar-refractivity contribution in [2.75, 3.05) is 0 Å². The van der Waals surface area contributed by atoms with E-state index in [0.717, 1.165) is 5.82 Å². The van der Waals surface area contributed by atoms with E-state index in [1.54, 1.807) is 0 Å². The Labute approximate surface area is 73.1 Å². The first kappa shape index (κ1) is 7.71. The normalized spacial score (nSPS) is 18.4. The predicted octanol–water partition coefficient (Wildman–Crippen LogP) is 2.44. The highest BCUT2D eigenvalue weighted by atomic mass is 14.9. The summed E-state index contributed by atoms with van der Waals surface area (Å²) < 4.78 is 0. The summed E-state index contributed by atoms with van der Waals surface area (Å²) in [5.41, 5.74) is 1.25. The minimum atomic E-state index is 0.715. The van der Waals surface area contributed by atoms with Crippen LogP contribution in [0.4, 0.5) is 0 Å². The average Bonchev–Trinajstić information content (AvgIpc) is 2.56. The SMILES string of the molecule is Cc1nccc(C2CCCC2)n1. The summed E-state index contributed by atoms with van der Waals surface area (Å²) in [6, 6.07) is 2.06. The fourth-order valence-electron chi connectivity index (χ4n) is 1.92. The third kappa shape index (κ3) is 1.47. The molecule has 0 N–H and O–H groups in total. The zero-order valence-corrected chi connectivity index (χ0v) is 7.45. The Bertz CT molecular complexity index is 264. The van der Waals surface area contributed by atoms with Gasteiger partial charge in [0.25, 0.3) is 0 Å². The van der Waals surface area contributed by atoms with Crippen molar-refractivity contribution in [3.05, 3.63) is 23.8 Å². The third-order valence-electron chi connectivity index (χ3n) is 2.57. The standard InChI is InChI=1S/C10H14N2/c1-8-11-7-6-10(12-8)9-4-2-3-5-9/h6-7,9H,2-5H2,1H3. The molecular weight excluding hydrogens is 148 g/mol. The van der Waals surface area contributed by atoms with Gasteiger partial charge in [0.1, 0.15) is 5.82 Å². The van der Waals surface area contributed by atoms with E-state index in [1.165, 1.54) is 31.4 Å². The molecule has 1 aliphatic rings. The van der Waals surface area contributed by atoms with Crippen LogP contribution in [0.25, 0.3) is 0 Å². The molecule has 0 saturated heterocycles. The molecule has 0 spiro atoms. The topological polar surface area (TPSA) is 25.8 Å². The molecule has 2 rings (SSSR count). The second-order valence-corrected chi connectivity index (χ2v) is 3.51. The summed E-state index contributed by atoms with van der Waals surface area (Å²) >= 11 is 0. The maximum Gasteiger partial charge on any atom is 0.125 e. The van der Waals surface area contributed by atoms with Crippen LogP contribution in [0.1, 0.15) is 43.1 Å². The first-order valence-corrected chi connectivity index (χ1v) is 4.66. The van der Waals surface area contributed by atoms with Gasteiger partial charge in [-0.05, 0) is 25.8 Å². The van der Waals surface area contributed by atoms with E-state index in [4.69, 9.17) is 0 Å². The molecule has 2 heteroatoms. The van der Waals surface area contributed by atoms with Crippen molar-refractivity contribution >= 4 is 0 Å². The largest absolute Gasteiger partial charge is 0.242 e. The highest BCUT2D eigenvalue weighted by Crippen LogP contribution is 2.32. The lowest BCUT2D eigenvalue weighted by Gasteiger charge is -2.07. The molecule has 12 heavy (non-hydrogen) atoms. The van der Waals surface area contributed by atoms with Gasteiger partial charge in [-0.15, -0.1) is 0 Å². The van der Waals surface area contributed by atoms with E-state index in [0.29, 0.717) is 5.92 Å². The summed E-state index contributed by atoms with van der Waals surface area (Å²) in [5, 5.41) is 0. The summed E-state index contributed by atoms with van der Waals surface area (Å²) in [5.74, 6) is 1.62. The lowest BCUT2D eigenvalue weighted by atomic mass is 10.0. The van der Waals surface area contributed by atoms with Crippen LogP contribution in [0.5, 0.6) is 0 Å². The van der Waals surface area contributed by atoms with E-state index in [9.17, 15) is 0 Å². The average molecular weight is 162 g/mol. The van der Waals surface area contributed by atoms with Gasteiger partial charge in [-0.1, -0.05) is 12.8 Å². The Morgan fingerprint density at radius 2 is 2.08 bits per heavy atom. The second-order valence-electron chi connectivity index (χ2n) is 3.51. The van der Waals surface area contributed by atoms with Crippen LogP contribution in [-0.2, 0) is 0 Å². The van der Waals surface area contributed by atoms with Gasteiger partial charge in [-0.25, -0.2) is 9.97 Å². The number of nitrogens with zero attached hydrogens (tertiary/aromatic N) is 2. The highest BCUT2D eigenvalue weighted by molar-refractivity contribution is 5.09. The lowest BCUT2D eigenvalue weighted by Crippen LogP contribution is -1.98. The number of aromatic nitrogens is 2. The minimum Gasteiger partial charge on any atom is -0.242 e. The van der Waals surface area contributed by atoms with E-state index in [2.05, 4.69) is 16.0 Å². The Hall–Kier alpha value is -0.920. The maximum absolute atomic E-state index is 4.44. The maximum atomic E-state index is 4.44. The third-order valence-corrected chi connectivity index (χ3v) is 2.57. The Balaban J connectivity index is 2.21. The van der Waals surface area contributed by atoms with Crippen molar-refractivity contribution in [1.82, 2.24) is 9.97 Å². The molecule has 1 heterocycles. The van der Waals surface area contributed by atoms with Crippen LogP contribution in [0.3, 0.4) is 0 Å². The molecule has 1 saturated carbocycles.